The van der Waals surface area contributed by atoms with Crippen molar-refractivity contribution in [3.8, 4) is 0 Å². The summed E-state index contributed by atoms with van der Waals surface area (Å²) in [5, 5.41) is 4.80. The summed E-state index contributed by atoms with van der Waals surface area (Å²) in [5.41, 5.74) is 1.15. The van der Waals surface area contributed by atoms with E-state index in [0.717, 1.165) is 12.3 Å². The molecule has 0 saturated carbocycles. The summed E-state index contributed by atoms with van der Waals surface area (Å²) in [7, 11) is -4.59. The third-order valence-electron chi connectivity index (χ3n) is 7.85. The number of nitrogens with zero attached hydrogens (tertiary/aromatic N) is 3. The molecule has 0 fully saturated rings. The highest BCUT2D eigenvalue weighted by atomic mass is 35.5. The summed E-state index contributed by atoms with van der Waals surface area (Å²) >= 11 is 7.52. The molecule has 4 rings (SSSR count). The maximum Gasteiger partial charge on any atom is 0.338 e. The summed E-state index contributed by atoms with van der Waals surface area (Å²) in [6.45, 7) is 10.8. The van der Waals surface area contributed by atoms with Gasteiger partial charge in [-0.05, 0) is 41.9 Å². The van der Waals surface area contributed by atoms with E-state index in [2.05, 4.69) is 49.2 Å². The SMILES string of the molecule is COC(=O)C1=C(c2ccc(N(CCO[Si](C)(C)C(C)(C)C)S(C)(=O)=O)cc2)NC(c2nccs2)=NC1c1ccc(F)c(F)c1Cl. The van der Waals surface area contributed by atoms with Gasteiger partial charge in [0, 0.05) is 17.1 Å². The molecule has 0 radical (unpaired) electrons. The molecule has 2 aromatic carbocycles. The van der Waals surface area contributed by atoms with Crippen molar-refractivity contribution < 1.29 is 31.2 Å². The number of nitrogens with one attached hydrogen (secondary N) is 1. The molecule has 1 N–H and O–H groups in total. The number of benzene rings is 2. The highest BCUT2D eigenvalue weighted by Gasteiger charge is 2.38. The second-order valence-corrected chi connectivity index (χ2v) is 19.9. The summed E-state index contributed by atoms with van der Waals surface area (Å²) < 4.78 is 66.8. The standard InChI is InChI=1S/C30H35ClF2N4O5S2Si/c1-30(2,3)45(6,7)42-16-15-37(44(5,39)40)19-10-8-18(9-11-19)25-22(29(38)41-4)26(20-12-13-21(32)24(33)23(20)31)36-27(35-25)28-34-14-17-43-28/h8-14,17,26H,15-16H2,1-7H3,(H,35,36). The second-order valence-electron chi connectivity index (χ2n) is 11.9. The molecule has 242 valence electrons. The lowest BCUT2D eigenvalue weighted by Crippen LogP contribution is -2.43. The zero-order chi connectivity index (χ0) is 33.3. The van der Waals surface area contributed by atoms with E-state index in [0.29, 0.717) is 16.3 Å². The molecule has 2 heterocycles. The van der Waals surface area contributed by atoms with Crippen molar-refractivity contribution in [3.05, 3.63) is 86.3 Å². The fourth-order valence-electron chi connectivity index (χ4n) is 4.41. The first-order valence-electron chi connectivity index (χ1n) is 13.9. The second kappa shape index (κ2) is 13.3. The summed E-state index contributed by atoms with van der Waals surface area (Å²) in [5.74, 6) is -2.93. The number of hydrogen-bond donors (Lipinski definition) is 1. The Balaban J connectivity index is 1.78. The first-order chi connectivity index (χ1) is 21.0. The molecule has 1 atom stereocenters. The number of ether oxygens (including phenoxy) is 1. The van der Waals surface area contributed by atoms with Gasteiger partial charge in [0.25, 0.3) is 0 Å². The van der Waals surface area contributed by atoms with Gasteiger partial charge in [0.15, 0.2) is 30.8 Å². The van der Waals surface area contributed by atoms with Crippen molar-refractivity contribution in [2.24, 2.45) is 4.99 Å². The monoisotopic (exact) mass is 696 g/mol. The Morgan fingerprint density at radius 2 is 1.82 bits per heavy atom. The average Bonchev–Trinajstić information content (AvgIpc) is 3.51. The number of aromatic nitrogens is 1. The lowest BCUT2D eigenvalue weighted by molar-refractivity contribution is -0.136. The molecule has 3 aromatic rings. The van der Waals surface area contributed by atoms with Crippen LogP contribution in [0.2, 0.25) is 23.2 Å². The Labute approximate surface area is 272 Å². The fraction of sp³-hybridized carbons (Fsp3) is 0.367. The zero-order valence-electron chi connectivity index (χ0n) is 25.9. The molecule has 1 unspecified atom stereocenters. The van der Waals surface area contributed by atoms with Crippen LogP contribution >= 0.6 is 22.9 Å². The van der Waals surface area contributed by atoms with Gasteiger partial charge in [0.2, 0.25) is 10.0 Å². The number of carbonyl (C=O) groups is 1. The number of sulfonamides is 1. The largest absolute Gasteiger partial charge is 0.466 e. The normalized spacial score (nSPS) is 15.9. The van der Waals surface area contributed by atoms with Crippen molar-refractivity contribution >= 4 is 64.5 Å². The molecule has 45 heavy (non-hydrogen) atoms. The van der Waals surface area contributed by atoms with Gasteiger partial charge in [-0.1, -0.05) is 50.6 Å². The van der Waals surface area contributed by atoms with Crippen LogP contribution in [0.4, 0.5) is 14.5 Å². The van der Waals surface area contributed by atoms with Gasteiger partial charge in [-0.15, -0.1) is 11.3 Å². The Bertz CT molecular complexity index is 1740. The lowest BCUT2D eigenvalue weighted by Gasteiger charge is -2.36. The van der Waals surface area contributed by atoms with Crippen LogP contribution in [0.5, 0.6) is 0 Å². The van der Waals surface area contributed by atoms with Crippen molar-refractivity contribution in [3.63, 3.8) is 0 Å². The molecule has 0 aliphatic carbocycles. The van der Waals surface area contributed by atoms with E-state index in [1.165, 1.54) is 28.8 Å². The van der Waals surface area contributed by atoms with Crippen LogP contribution in [0.1, 0.15) is 42.9 Å². The number of halogens is 3. The van der Waals surface area contributed by atoms with E-state index in [-0.39, 0.29) is 40.9 Å². The number of aliphatic imine (C=N–C) groups is 1. The first kappa shape index (κ1) is 34.7. The number of thiazole rings is 1. The Kier molecular flexibility index (Phi) is 10.2. The van der Waals surface area contributed by atoms with Crippen LogP contribution in [0.25, 0.3) is 5.70 Å². The van der Waals surface area contributed by atoms with Crippen molar-refractivity contribution in [1.29, 1.82) is 0 Å². The Morgan fingerprint density at radius 3 is 2.38 bits per heavy atom. The summed E-state index contributed by atoms with van der Waals surface area (Å²) in [4.78, 5) is 22.2. The molecule has 0 spiro atoms. The molecule has 0 amide bonds. The minimum absolute atomic E-state index is 0.0128. The highest BCUT2D eigenvalue weighted by molar-refractivity contribution is 7.92. The number of rotatable bonds is 10. The van der Waals surface area contributed by atoms with Crippen LogP contribution in [0.3, 0.4) is 0 Å². The predicted octanol–water partition coefficient (Wildman–Crippen LogP) is 6.54. The van der Waals surface area contributed by atoms with Crippen LogP contribution in [0.15, 0.2) is 58.5 Å². The van der Waals surface area contributed by atoms with E-state index in [1.807, 2.05) is 0 Å². The Hall–Kier alpha value is -3.17. The molecule has 15 heteroatoms. The van der Waals surface area contributed by atoms with E-state index in [1.54, 1.807) is 35.8 Å². The maximum absolute atomic E-state index is 14.6. The number of methoxy groups -OCH3 is 1. The molecule has 1 aliphatic heterocycles. The van der Waals surface area contributed by atoms with E-state index in [9.17, 15) is 22.0 Å². The summed E-state index contributed by atoms with van der Waals surface area (Å²) in [6, 6.07) is 7.50. The highest BCUT2D eigenvalue weighted by Crippen LogP contribution is 2.40. The molecular formula is C30H35ClF2N4O5S2Si. The van der Waals surface area contributed by atoms with Crippen LogP contribution in [-0.4, -0.2) is 60.0 Å². The minimum atomic E-state index is -3.67. The van der Waals surface area contributed by atoms with E-state index < -0.39 is 47.0 Å². The van der Waals surface area contributed by atoms with Crippen LogP contribution in [0, 0.1) is 11.6 Å². The summed E-state index contributed by atoms with van der Waals surface area (Å²) in [6.07, 6.45) is 2.70. The van der Waals surface area contributed by atoms with Gasteiger partial charge in [0.05, 0.1) is 48.5 Å². The topological polar surface area (TPSA) is 110 Å². The first-order valence-corrected chi connectivity index (χ1v) is 19.9. The van der Waals surface area contributed by atoms with Gasteiger partial charge < -0.3 is 14.5 Å². The third kappa shape index (κ3) is 7.46. The van der Waals surface area contributed by atoms with Crippen molar-refractivity contribution in [1.82, 2.24) is 10.3 Å². The van der Waals surface area contributed by atoms with Gasteiger partial charge in [0.1, 0.15) is 6.04 Å². The molecule has 0 saturated heterocycles. The number of hydrogen-bond acceptors (Lipinski definition) is 9. The zero-order valence-corrected chi connectivity index (χ0v) is 29.3. The average molecular weight is 697 g/mol. The smallest absolute Gasteiger partial charge is 0.338 e. The number of carbonyl (C=O) groups excluding carboxylic acids is 1. The molecule has 1 aliphatic rings. The fourth-order valence-corrected chi connectivity index (χ4v) is 7.20. The number of amidine groups is 1. The van der Waals surface area contributed by atoms with Gasteiger partial charge in [-0.2, -0.15) is 0 Å². The van der Waals surface area contributed by atoms with E-state index in [4.69, 9.17) is 20.8 Å². The van der Waals surface area contributed by atoms with Crippen LogP contribution < -0.4 is 9.62 Å². The lowest BCUT2D eigenvalue weighted by atomic mass is 9.92. The van der Waals surface area contributed by atoms with Crippen LogP contribution in [-0.2, 0) is 24.0 Å². The van der Waals surface area contributed by atoms with Crippen molar-refractivity contribution in [2.75, 3.05) is 30.8 Å². The number of esters is 1. The predicted molar refractivity (Wildman–Crippen MR) is 177 cm³/mol. The molecule has 9 nitrogen and oxygen atoms in total. The molecule has 0 bridgehead atoms. The maximum atomic E-state index is 14.6. The van der Waals surface area contributed by atoms with Gasteiger partial charge in [-0.3, -0.25) is 9.30 Å². The van der Waals surface area contributed by atoms with E-state index >= 15 is 0 Å². The van der Waals surface area contributed by atoms with Crippen molar-refractivity contribution in [2.45, 2.75) is 44.9 Å². The Morgan fingerprint density at radius 1 is 1.16 bits per heavy atom. The third-order valence-corrected chi connectivity index (χ3v) is 14.7. The molecular weight excluding hydrogens is 662 g/mol. The van der Waals surface area contributed by atoms with Gasteiger partial charge in [-0.25, -0.2) is 27.0 Å². The van der Waals surface area contributed by atoms with Gasteiger partial charge >= 0.3 is 5.97 Å². The minimum Gasteiger partial charge on any atom is -0.466 e. The number of anilines is 1. The molecule has 1 aromatic heterocycles. The quantitative estimate of drug-likeness (QED) is 0.146.